The van der Waals surface area contributed by atoms with Gasteiger partial charge in [0, 0.05) is 18.1 Å². The first-order chi connectivity index (χ1) is 14.6. The molecule has 1 fully saturated rings. The van der Waals surface area contributed by atoms with Crippen LogP contribution in [0.4, 0.5) is 5.69 Å². The van der Waals surface area contributed by atoms with Gasteiger partial charge in [0.25, 0.3) is 5.91 Å². The largest absolute Gasteiger partial charge is 0.477 e. The van der Waals surface area contributed by atoms with Gasteiger partial charge in [0.05, 0.1) is 47.4 Å². The number of nitrogens with one attached hydrogen (secondary N) is 3. The van der Waals surface area contributed by atoms with E-state index in [1.165, 1.54) is 11.3 Å². The van der Waals surface area contributed by atoms with E-state index in [9.17, 15) is 9.00 Å². The molecule has 3 N–H and O–H groups in total. The minimum absolute atomic E-state index is 0.240. The van der Waals surface area contributed by atoms with Crippen LogP contribution >= 0.6 is 11.3 Å². The van der Waals surface area contributed by atoms with Crippen molar-refractivity contribution in [3.8, 4) is 0 Å². The molecule has 0 aromatic carbocycles. The summed E-state index contributed by atoms with van der Waals surface area (Å²) in [7, 11) is -1.07. The maximum atomic E-state index is 12.5. The second-order valence-electron chi connectivity index (χ2n) is 6.70. The zero-order chi connectivity index (χ0) is 20.9. The van der Waals surface area contributed by atoms with Gasteiger partial charge in [-0.25, -0.2) is 14.2 Å². The van der Waals surface area contributed by atoms with Crippen LogP contribution in [0, 0.1) is 0 Å². The Labute approximate surface area is 180 Å². The van der Waals surface area contributed by atoms with Crippen molar-refractivity contribution in [2.24, 2.45) is 4.99 Å². The molecule has 1 aliphatic carbocycles. The number of carbonyl (C=O) groups excluding carboxylic acids is 1. The van der Waals surface area contributed by atoms with Gasteiger partial charge >= 0.3 is 0 Å². The van der Waals surface area contributed by atoms with Crippen molar-refractivity contribution in [3.05, 3.63) is 52.2 Å². The summed E-state index contributed by atoms with van der Waals surface area (Å²) in [6.45, 7) is 3.22. The fourth-order valence-electron chi connectivity index (χ4n) is 2.68. The SMILES string of the molecule is CCOC1=CNCC(c2cnc(C(=O)NCc3cc(NS(=O)C4CC4)ccn3)s2)=N1. The molecule has 9 nitrogen and oxygen atoms in total. The van der Waals surface area contributed by atoms with Gasteiger partial charge in [-0.15, -0.1) is 11.3 Å². The van der Waals surface area contributed by atoms with Crippen molar-refractivity contribution in [2.75, 3.05) is 17.9 Å². The van der Waals surface area contributed by atoms with Crippen LogP contribution in [0.15, 0.2) is 41.6 Å². The zero-order valence-corrected chi connectivity index (χ0v) is 18.0. The van der Waals surface area contributed by atoms with Crippen LogP contribution in [0.25, 0.3) is 0 Å². The first-order valence-corrected chi connectivity index (χ1v) is 11.7. The lowest BCUT2D eigenvalue weighted by Gasteiger charge is -2.12. The number of ether oxygens (including phenoxy) is 1. The summed E-state index contributed by atoms with van der Waals surface area (Å²) in [5.74, 6) is 0.234. The lowest BCUT2D eigenvalue weighted by Crippen LogP contribution is -2.24. The van der Waals surface area contributed by atoms with Crippen LogP contribution in [-0.4, -0.2) is 44.2 Å². The average Bonchev–Trinajstić information content (AvgIpc) is 3.49. The summed E-state index contributed by atoms with van der Waals surface area (Å²) in [6, 6.07) is 3.56. The number of amides is 1. The van der Waals surface area contributed by atoms with Crippen LogP contribution in [0.5, 0.6) is 0 Å². The third-order valence-corrected chi connectivity index (χ3v) is 6.87. The van der Waals surface area contributed by atoms with E-state index in [0.29, 0.717) is 29.7 Å². The number of hydrogen-bond donors (Lipinski definition) is 3. The van der Waals surface area contributed by atoms with E-state index in [1.807, 2.05) is 6.92 Å². The molecule has 2 aliphatic rings. The van der Waals surface area contributed by atoms with Gasteiger partial charge in [-0.3, -0.25) is 9.78 Å². The first kappa shape index (κ1) is 20.5. The van der Waals surface area contributed by atoms with Crippen LogP contribution in [-0.2, 0) is 22.3 Å². The first-order valence-electron chi connectivity index (χ1n) is 9.63. The number of carbonyl (C=O) groups is 1. The number of pyridine rings is 1. The van der Waals surface area contributed by atoms with E-state index in [1.54, 1.807) is 30.7 Å². The molecule has 158 valence electrons. The number of rotatable bonds is 9. The summed E-state index contributed by atoms with van der Waals surface area (Å²) in [6.07, 6.45) is 6.99. The fraction of sp³-hybridized carbons (Fsp3) is 0.368. The molecule has 2 aromatic rings. The van der Waals surface area contributed by atoms with Crippen LogP contribution in [0.2, 0.25) is 0 Å². The maximum absolute atomic E-state index is 12.5. The van der Waals surface area contributed by atoms with Crippen molar-refractivity contribution in [2.45, 2.75) is 31.6 Å². The zero-order valence-electron chi connectivity index (χ0n) is 16.4. The normalized spacial score (nSPS) is 16.7. The Morgan fingerprint density at radius 2 is 2.27 bits per heavy atom. The highest BCUT2D eigenvalue weighted by Gasteiger charge is 2.28. The quantitative estimate of drug-likeness (QED) is 0.542. The second-order valence-corrected chi connectivity index (χ2v) is 9.20. The molecular weight excluding hydrogens is 424 g/mol. The predicted molar refractivity (Wildman–Crippen MR) is 117 cm³/mol. The monoisotopic (exact) mass is 446 g/mol. The van der Waals surface area contributed by atoms with E-state index in [0.717, 1.165) is 29.1 Å². The summed E-state index contributed by atoms with van der Waals surface area (Å²) in [5.41, 5.74) is 2.18. The molecule has 1 aliphatic heterocycles. The molecule has 1 unspecified atom stereocenters. The van der Waals surface area contributed by atoms with Gasteiger partial charge in [0.1, 0.15) is 11.0 Å². The molecule has 0 saturated heterocycles. The summed E-state index contributed by atoms with van der Waals surface area (Å²) < 4.78 is 20.4. The third-order valence-electron chi connectivity index (χ3n) is 4.31. The molecule has 30 heavy (non-hydrogen) atoms. The minimum atomic E-state index is -1.07. The molecule has 1 saturated carbocycles. The maximum Gasteiger partial charge on any atom is 0.280 e. The van der Waals surface area contributed by atoms with E-state index >= 15 is 0 Å². The van der Waals surface area contributed by atoms with Gasteiger partial charge in [0.2, 0.25) is 5.88 Å². The molecule has 2 aromatic heterocycles. The lowest BCUT2D eigenvalue weighted by atomic mass is 10.3. The van der Waals surface area contributed by atoms with Crippen molar-refractivity contribution in [1.82, 2.24) is 20.6 Å². The van der Waals surface area contributed by atoms with E-state index < -0.39 is 11.0 Å². The van der Waals surface area contributed by atoms with Gasteiger partial charge in [0.15, 0.2) is 5.01 Å². The highest BCUT2D eigenvalue weighted by atomic mass is 32.2. The number of aromatic nitrogens is 2. The Morgan fingerprint density at radius 1 is 1.40 bits per heavy atom. The van der Waals surface area contributed by atoms with Crippen LogP contribution in [0.3, 0.4) is 0 Å². The van der Waals surface area contributed by atoms with E-state index in [-0.39, 0.29) is 17.7 Å². The molecule has 4 rings (SSSR count). The van der Waals surface area contributed by atoms with Crippen molar-refractivity contribution in [3.63, 3.8) is 0 Å². The van der Waals surface area contributed by atoms with E-state index in [2.05, 4.69) is 30.3 Å². The van der Waals surface area contributed by atoms with Crippen molar-refractivity contribution in [1.29, 1.82) is 0 Å². The standard InChI is InChI=1S/C19H22N6O3S2/c1-2-28-17-11-20-9-15(24-17)16-10-23-19(29-16)18(26)22-8-13-7-12(5-6-21-13)25-30(27)14-3-4-14/h5-7,10-11,14,20H,2-4,8-9H2,1H3,(H,21,25)(H,22,26). The lowest BCUT2D eigenvalue weighted by molar-refractivity contribution is 0.0950. The molecule has 11 heteroatoms. The molecule has 0 spiro atoms. The smallest absolute Gasteiger partial charge is 0.280 e. The molecule has 1 atom stereocenters. The van der Waals surface area contributed by atoms with Gasteiger partial charge in [-0.1, -0.05) is 0 Å². The Balaban J connectivity index is 1.35. The predicted octanol–water partition coefficient (Wildman–Crippen LogP) is 1.93. The molecular formula is C19H22N6O3S2. The summed E-state index contributed by atoms with van der Waals surface area (Å²) >= 11 is 1.27. The number of aliphatic imine (C=N–C) groups is 1. The summed E-state index contributed by atoms with van der Waals surface area (Å²) in [5, 5.41) is 6.53. The Bertz CT molecular complexity index is 1020. The Kier molecular flexibility index (Phi) is 6.38. The third kappa shape index (κ3) is 5.22. The molecule has 1 amide bonds. The molecule has 3 heterocycles. The number of nitrogens with zero attached hydrogens (tertiary/aromatic N) is 3. The van der Waals surface area contributed by atoms with Crippen LogP contribution < -0.4 is 15.4 Å². The highest BCUT2D eigenvalue weighted by molar-refractivity contribution is 7.87. The van der Waals surface area contributed by atoms with Crippen molar-refractivity contribution >= 4 is 39.6 Å². The van der Waals surface area contributed by atoms with Crippen LogP contribution in [0.1, 0.15) is 40.1 Å². The second kappa shape index (κ2) is 9.35. The topological polar surface area (TPSA) is 118 Å². The Morgan fingerprint density at radius 3 is 3.07 bits per heavy atom. The number of thiazole rings is 1. The van der Waals surface area contributed by atoms with Gasteiger partial charge < -0.3 is 20.1 Å². The number of anilines is 1. The molecule has 0 bridgehead atoms. The van der Waals surface area contributed by atoms with Gasteiger partial charge in [-0.05, 0) is 31.9 Å². The number of hydrogen-bond acceptors (Lipinski definition) is 8. The highest BCUT2D eigenvalue weighted by Crippen LogP contribution is 2.27. The van der Waals surface area contributed by atoms with Crippen molar-refractivity contribution < 1.29 is 13.7 Å². The Hall–Kier alpha value is -2.79. The fourth-order valence-corrected chi connectivity index (χ4v) is 4.59. The average molecular weight is 447 g/mol. The minimum Gasteiger partial charge on any atom is -0.477 e. The summed E-state index contributed by atoms with van der Waals surface area (Å²) in [4.78, 5) is 26.2. The van der Waals surface area contributed by atoms with E-state index in [4.69, 9.17) is 4.74 Å². The van der Waals surface area contributed by atoms with Gasteiger partial charge in [-0.2, -0.15) is 0 Å². The molecule has 0 radical (unpaired) electrons.